The summed E-state index contributed by atoms with van der Waals surface area (Å²) in [4.78, 5) is 2.54. The number of aryl methyl sites for hydroxylation is 2. The van der Waals surface area contributed by atoms with E-state index in [-0.39, 0.29) is 0 Å². The van der Waals surface area contributed by atoms with Crippen LogP contribution < -0.4 is 0 Å². The Morgan fingerprint density at radius 1 is 0.935 bits per heavy atom. The predicted octanol–water partition coefficient (Wildman–Crippen LogP) is 3.39. The molecule has 31 heavy (non-hydrogen) atoms. The van der Waals surface area contributed by atoms with E-state index in [2.05, 4.69) is 15.1 Å². The quantitative estimate of drug-likeness (QED) is 0.583. The van der Waals surface area contributed by atoms with Crippen molar-refractivity contribution in [1.29, 1.82) is 0 Å². The van der Waals surface area contributed by atoms with E-state index in [0.29, 0.717) is 54.4 Å². The van der Waals surface area contributed by atoms with Gasteiger partial charge in [0.15, 0.2) is 0 Å². The van der Waals surface area contributed by atoms with Gasteiger partial charge in [-0.25, -0.2) is 8.42 Å². The number of aromatic nitrogens is 2. The highest BCUT2D eigenvalue weighted by molar-refractivity contribution is 7.89. The molecule has 1 aliphatic heterocycles. The fourth-order valence-corrected chi connectivity index (χ4v) is 5.80. The summed E-state index contributed by atoms with van der Waals surface area (Å²) in [5.41, 5.74) is 3.27. The van der Waals surface area contributed by atoms with Crippen LogP contribution in [0.1, 0.15) is 23.4 Å². The van der Waals surface area contributed by atoms with E-state index in [9.17, 15) is 8.42 Å². The summed E-state index contributed by atoms with van der Waals surface area (Å²) in [6.07, 6.45) is 3.12. The van der Waals surface area contributed by atoms with E-state index >= 15 is 0 Å². The minimum Gasteiger partial charge on any atom is -0.419 e. The number of hydrogen-bond donors (Lipinski definition) is 0. The average molecular weight is 459 g/mol. The van der Waals surface area contributed by atoms with Crippen LogP contribution in [0, 0.1) is 0 Å². The van der Waals surface area contributed by atoms with Crippen molar-refractivity contribution < 1.29 is 12.8 Å². The van der Waals surface area contributed by atoms with E-state index in [1.807, 2.05) is 24.3 Å². The maximum Gasteiger partial charge on any atom is 0.247 e. The summed E-state index contributed by atoms with van der Waals surface area (Å²) in [5, 5.41) is 8.90. The van der Waals surface area contributed by atoms with E-state index in [1.165, 1.54) is 11.1 Å². The second-order valence-corrected chi connectivity index (χ2v) is 10.3. The Labute approximate surface area is 186 Å². The Bertz CT molecular complexity index is 1190. The largest absolute Gasteiger partial charge is 0.419 e. The molecule has 162 valence electrons. The van der Waals surface area contributed by atoms with Crippen molar-refractivity contribution in [3.63, 3.8) is 0 Å². The normalized spacial score (nSPS) is 17.7. The fourth-order valence-electron chi connectivity index (χ4n) is 4.20. The average Bonchev–Trinajstić information content (AvgIpc) is 3.43. The Morgan fingerprint density at radius 3 is 2.45 bits per heavy atom. The van der Waals surface area contributed by atoms with Gasteiger partial charge in [-0.3, -0.25) is 4.90 Å². The maximum absolute atomic E-state index is 13.1. The smallest absolute Gasteiger partial charge is 0.247 e. The minimum atomic E-state index is -3.47. The standard InChI is InChI=1S/C22H23ClN4O3S/c23-19-7-4-17(5-8-19)22-25-24-21(30-22)15-26-10-12-27(13-11-26)31(28,29)20-9-6-16-2-1-3-18(16)14-20/h4-9,14H,1-3,10-13,15H2. The molecule has 0 N–H and O–H groups in total. The van der Waals surface area contributed by atoms with E-state index in [4.69, 9.17) is 16.0 Å². The maximum atomic E-state index is 13.1. The number of fused-ring (bicyclic) bond motifs is 1. The molecule has 2 heterocycles. The molecule has 0 radical (unpaired) electrons. The first-order valence-electron chi connectivity index (χ1n) is 10.4. The number of benzene rings is 2. The molecule has 0 amide bonds. The number of piperazine rings is 1. The highest BCUT2D eigenvalue weighted by Gasteiger charge is 2.30. The summed E-state index contributed by atoms with van der Waals surface area (Å²) < 4.78 is 33.5. The highest BCUT2D eigenvalue weighted by Crippen LogP contribution is 2.27. The summed E-state index contributed by atoms with van der Waals surface area (Å²) in [5.74, 6) is 0.962. The molecule has 3 aromatic rings. The molecule has 2 aromatic carbocycles. The molecule has 1 fully saturated rings. The molecule has 1 saturated heterocycles. The number of rotatable bonds is 5. The van der Waals surface area contributed by atoms with Crippen LogP contribution in [0.15, 0.2) is 51.8 Å². The number of sulfonamides is 1. The van der Waals surface area contributed by atoms with Crippen LogP contribution >= 0.6 is 11.6 Å². The summed E-state index contributed by atoms with van der Waals surface area (Å²) >= 11 is 5.92. The van der Waals surface area contributed by atoms with Gasteiger partial charge in [-0.05, 0) is 66.8 Å². The summed E-state index contributed by atoms with van der Waals surface area (Å²) in [6, 6.07) is 12.8. The lowest BCUT2D eigenvalue weighted by molar-refractivity contribution is 0.168. The van der Waals surface area contributed by atoms with Crippen LogP contribution in [0.5, 0.6) is 0 Å². The van der Waals surface area contributed by atoms with Gasteiger partial charge in [0.2, 0.25) is 21.8 Å². The first kappa shape index (κ1) is 20.6. The molecule has 0 atom stereocenters. The molecular weight excluding hydrogens is 436 g/mol. The van der Waals surface area contributed by atoms with Gasteiger partial charge in [-0.2, -0.15) is 4.31 Å². The fraction of sp³-hybridized carbons (Fsp3) is 0.364. The predicted molar refractivity (Wildman–Crippen MR) is 117 cm³/mol. The van der Waals surface area contributed by atoms with Crippen LogP contribution in [-0.2, 0) is 29.4 Å². The van der Waals surface area contributed by atoms with E-state index < -0.39 is 10.0 Å². The van der Waals surface area contributed by atoms with Crippen molar-refractivity contribution in [2.24, 2.45) is 0 Å². The molecule has 5 rings (SSSR count). The monoisotopic (exact) mass is 458 g/mol. The second kappa shape index (κ2) is 8.35. The topological polar surface area (TPSA) is 79.5 Å². The third-order valence-corrected chi connectivity index (χ3v) is 8.10. The zero-order valence-corrected chi connectivity index (χ0v) is 18.6. The number of nitrogens with zero attached hydrogens (tertiary/aromatic N) is 4. The van der Waals surface area contributed by atoms with Gasteiger partial charge >= 0.3 is 0 Å². The Balaban J connectivity index is 1.21. The van der Waals surface area contributed by atoms with Gasteiger partial charge in [0.25, 0.3) is 0 Å². The highest BCUT2D eigenvalue weighted by atomic mass is 35.5. The lowest BCUT2D eigenvalue weighted by Crippen LogP contribution is -2.48. The number of hydrogen-bond acceptors (Lipinski definition) is 6. The summed E-state index contributed by atoms with van der Waals surface area (Å²) in [6.45, 7) is 2.61. The summed E-state index contributed by atoms with van der Waals surface area (Å²) in [7, 11) is -3.47. The third kappa shape index (κ3) is 4.25. The van der Waals surface area contributed by atoms with Gasteiger partial charge in [-0.15, -0.1) is 10.2 Å². The van der Waals surface area contributed by atoms with Gasteiger partial charge in [0.1, 0.15) is 0 Å². The third-order valence-electron chi connectivity index (χ3n) is 5.96. The van der Waals surface area contributed by atoms with Crippen LogP contribution in [-0.4, -0.2) is 54.0 Å². The van der Waals surface area contributed by atoms with E-state index in [0.717, 1.165) is 24.8 Å². The Hall–Kier alpha value is -2.26. The van der Waals surface area contributed by atoms with Crippen molar-refractivity contribution in [3.8, 4) is 11.5 Å². The number of halogens is 1. The van der Waals surface area contributed by atoms with Crippen LogP contribution in [0.4, 0.5) is 0 Å². The Morgan fingerprint density at radius 2 is 1.68 bits per heavy atom. The van der Waals surface area contributed by atoms with Gasteiger partial charge < -0.3 is 4.42 Å². The molecule has 0 bridgehead atoms. The van der Waals surface area contributed by atoms with Crippen molar-refractivity contribution in [1.82, 2.24) is 19.4 Å². The zero-order valence-electron chi connectivity index (χ0n) is 17.0. The first-order valence-corrected chi connectivity index (χ1v) is 12.2. The van der Waals surface area contributed by atoms with Crippen LogP contribution in [0.2, 0.25) is 5.02 Å². The second-order valence-electron chi connectivity index (χ2n) is 7.97. The molecule has 9 heteroatoms. The molecular formula is C22H23ClN4O3S. The molecule has 0 unspecified atom stereocenters. The first-order chi connectivity index (χ1) is 15.0. The zero-order chi connectivity index (χ0) is 21.4. The molecule has 1 aromatic heterocycles. The van der Waals surface area contributed by atoms with Crippen molar-refractivity contribution in [3.05, 3.63) is 64.5 Å². The van der Waals surface area contributed by atoms with Crippen molar-refractivity contribution >= 4 is 21.6 Å². The molecule has 7 nitrogen and oxygen atoms in total. The molecule has 1 aliphatic carbocycles. The van der Waals surface area contributed by atoms with Crippen molar-refractivity contribution in [2.45, 2.75) is 30.7 Å². The van der Waals surface area contributed by atoms with E-state index in [1.54, 1.807) is 22.5 Å². The van der Waals surface area contributed by atoms with Crippen molar-refractivity contribution in [2.75, 3.05) is 26.2 Å². The molecule has 2 aliphatic rings. The van der Waals surface area contributed by atoms with Gasteiger partial charge in [0.05, 0.1) is 11.4 Å². The minimum absolute atomic E-state index is 0.408. The molecule has 0 spiro atoms. The van der Waals surface area contributed by atoms with Crippen LogP contribution in [0.3, 0.4) is 0 Å². The molecule has 0 saturated carbocycles. The lowest BCUT2D eigenvalue weighted by atomic mass is 10.1. The lowest BCUT2D eigenvalue weighted by Gasteiger charge is -2.33. The van der Waals surface area contributed by atoms with Gasteiger partial charge in [-0.1, -0.05) is 17.7 Å². The van der Waals surface area contributed by atoms with Gasteiger partial charge in [0, 0.05) is 36.8 Å². The van der Waals surface area contributed by atoms with Crippen LogP contribution in [0.25, 0.3) is 11.5 Å². The SMILES string of the molecule is O=S(=O)(c1ccc2c(c1)CCC2)N1CCN(Cc2nnc(-c3ccc(Cl)cc3)o2)CC1. The Kier molecular flexibility index (Phi) is 5.56.